The lowest BCUT2D eigenvalue weighted by Gasteiger charge is -2.35. The molecule has 0 bridgehead atoms. The third kappa shape index (κ3) is 6.84. The van der Waals surface area contributed by atoms with Crippen LogP contribution < -0.4 is 10.7 Å². The van der Waals surface area contributed by atoms with E-state index in [2.05, 4.69) is 15.3 Å². The molecule has 0 unspecified atom stereocenters. The normalized spacial score (nSPS) is 18.9. The fraction of sp³-hybridized carbons (Fsp3) is 0.625. The number of alkyl halides is 2. The van der Waals surface area contributed by atoms with Crippen LogP contribution in [0.4, 0.5) is 8.78 Å². The Morgan fingerprint density at radius 3 is 2.29 bits per heavy atom. The van der Waals surface area contributed by atoms with E-state index in [4.69, 9.17) is 0 Å². The van der Waals surface area contributed by atoms with Crippen LogP contribution in [0.5, 0.6) is 0 Å². The maximum Gasteiger partial charge on any atom is 0.270 e. The zero-order valence-electron chi connectivity index (χ0n) is 18.8. The second-order valence-electron chi connectivity index (χ2n) is 8.09. The number of halogens is 2. The van der Waals surface area contributed by atoms with Crippen molar-refractivity contribution in [3.8, 4) is 0 Å². The van der Waals surface area contributed by atoms with Gasteiger partial charge in [-0.25, -0.2) is 8.78 Å². The number of nitrogens with zero attached hydrogens (tertiary/aromatic N) is 1. The van der Waals surface area contributed by atoms with Gasteiger partial charge in [0.05, 0.1) is 10.9 Å². The summed E-state index contributed by atoms with van der Waals surface area (Å²) in [6, 6.07) is 3.03. The number of rotatable bonds is 2. The lowest BCUT2D eigenvalue weighted by atomic mass is 9.73. The van der Waals surface area contributed by atoms with E-state index in [9.17, 15) is 18.4 Å². The van der Waals surface area contributed by atoms with Crippen LogP contribution in [0.2, 0.25) is 0 Å². The van der Waals surface area contributed by atoms with Crippen molar-refractivity contribution in [2.24, 2.45) is 11.8 Å². The number of fused-ring (bicyclic) bond motifs is 1. The van der Waals surface area contributed by atoms with Gasteiger partial charge in [0.15, 0.2) is 5.43 Å². The summed E-state index contributed by atoms with van der Waals surface area (Å²) in [5.74, 6) is -1.31. The van der Waals surface area contributed by atoms with Crippen molar-refractivity contribution in [2.45, 2.75) is 77.6 Å². The van der Waals surface area contributed by atoms with Gasteiger partial charge in [0, 0.05) is 38.3 Å². The van der Waals surface area contributed by atoms with Crippen molar-refractivity contribution >= 4 is 16.8 Å². The summed E-state index contributed by atoms with van der Waals surface area (Å²) in [6.07, 6.45) is 11.5. The molecule has 1 amide bonds. The number of aromatic nitrogens is 2. The van der Waals surface area contributed by atoms with E-state index in [1.165, 1.54) is 57.6 Å². The van der Waals surface area contributed by atoms with Gasteiger partial charge in [-0.05, 0) is 30.7 Å². The molecule has 172 valence electrons. The van der Waals surface area contributed by atoms with Crippen molar-refractivity contribution in [1.29, 1.82) is 0 Å². The number of hydrogen-bond acceptors (Lipinski definition) is 3. The van der Waals surface area contributed by atoms with Gasteiger partial charge >= 0.3 is 0 Å². The topological polar surface area (TPSA) is 74.8 Å². The lowest BCUT2D eigenvalue weighted by Crippen LogP contribution is -2.29. The molecule has 2 N–H and O–H groups in total. The number of carbonyl (C=O) groups is 1. The molecule has 5 nitrogen and oxygen atoms in total. The Hall–Kier alpha value is -2.31. The molecule has 0 aromatic carbocycles. The highest BCUT2D eigenvalue weighted by molar-refractivity contribution is 6.03. The van der Waals surface area contributed by atoms with E-state index in [0.717, 1.165) is 18.8 Å². The first-order valence-corrected chi connectivity index (χ1v) is 11.5. The van der Waals surface area contributed by atoms with Crippen LogP contribution in [0, 0.1) is 11.8 Å². The van der Waals surface area contributed by atoms with Gasteiger partial charge in [0.2, 0.25) is 5.92 Å². The molecule has 2 fully saturated rings. The van der Waals surface area contributed by atoms with Crippen LogP contribution in [0.3, 0.4) is 0 Å². The molecule has 31 heavy (non-hydrogen) atoms. The smallest absolute Gasteiger partial charge is 0.270 e. The molecule has 0 radical (unpaired) electrons. The van der Waals surface area contributed by atoms with Crippen molar-refractivity contribution in [1.82, 2.24) is 15.3 Å². The predicted octanol–water partition coefficient (Wildman–Crippen LogP) is 5.70. The van der Waals surface area contributed by atoms with E-state index in [1.54, 1.807) is 6.07 Å². The molecule has 2 aromatic heterocycles. The quantitative estimate of drug-likeness (QED) is 0.635. The molecule has 2 heterocycles. The number of nitrogens with one attached hydrogen (secondary N) is 2. The number of H-pyrrole nitrogens is 1. The molecular weight excluding hydrogens is 400 g/mol. The maximum absolute atomic E-state index is 12.9. The third-order valence-corrected chi connectivity index (χ3v) is 6.19. The van der Waals surface area contributed by atoms with E-state index in [1.807, 2.05) is 13.8 Å². The van der Waals surface area contributed by atoms with Gasteiger partial charge in [0.25, 0.3) is 5.91 Å². The number of aromatic amines is 1. The van der Waals surface area contributed by atoms with E-state index in [0.29, 0.717) is 16.8 Å². The highest BCUT2D eigenvalue weighted by atomic mass is 19.3. The Kier molecular flexibility index (Phi) is 9.59. The summed E-state index contributed by atoms with van der Waals surface area (Å²) in [4.78, 5) is 29.8. The summed E-state index contributed by atoms with van der Waals surface area (Å²) in [7, 11) is 1.50. The van der Waals surface area contributed by atoms with Crippen molar-refractivity contribution in [3.63, 3.8) is 0 Å². The fourth-order valence-corrected chi connectivity index (χ4v) is 4.55. The van der Waals surface area contributed by atoms with Crippen molar-refractivity contribution < 1.29 is 13.6 Å². The Balaban J connectivity index is 0.000000204. The van der Waals surface area contributed by atoms with Gasteiger partial charge in [-0.3, -0.25) is 14.6 Å². The minimum Gasteiger partial charge on any atom is -0.361 e. The van der Waals surface area contributed by atoms with Crippen LogP contribution in [0.25, 0.3) is 10.9 Å². The molecule has 0 aliphatic heterocycles. The molecule has 0 saturated heterocycles. The summed E-state index contributed by atoms with van der Waals surface area (Å²) < 4.78 is 25.9. The SMILES string of the molecule is CC.CNC(=O)c1nccc2[nH]ccc(=O)c12.FC1(F)CCC(C2CCCCC2)CC1. The fourth-order valence-electron chi connectivity index (χ4n) is 4.55. The monoisotopic (exact) mass is 435 g/mol. The Bertz CT molecular complexity index is 877. The molecular formula is C24H35F2N3O2. The van der Waals surface area contributed by atoms with E-state index >= 15 is 0 Å². The molecule has 4 rings (SSSR count). The molecule has 0 spiro atoms. The summed E-state index contributed by atoms with van der Waals surface area (Å²) in [6.45, 7) is 4.00. The minimum absolute atomic E-state index is 0.147. The second-order valence-corrected chi connectivity index (χ2v) is 8.09. The van der Waals surface area contributed by atoms with E-state index in [-0.39, 0.29) is 29.9 Å². The molecule has 2 aromatic rings. The molecule has 2 aliphatic rings. The zero-order chi connectivity index (χ0) is 22.9. The lowest BCUT2D eigenvalue weighted by molar-refractivity contribution is -0.0541. The Morgan fingerprint density at radius 2 is 1.68 bits per heavy atom. The number of carbonyl (C=O) groups excluding carboxylic acids is 1. The van der Waals surface area contributed by atoms with Crippen LogP contribution in [0.1, 0.15) is 82.1 Å². The molecule has 2 aliphatic carbocycles. The van der Waals surface area contributed by atoms with Crippen molar-refractivity contribution in [3.05, 3.63) is 40.4 Å². The van der Waals surface area contributed by atoms with E-state index < -0.39 is 5.92 Å². The standard InChI is InChI=1S/C12H20F2.C10H9N3O2.C2H6/c13-12(14)8-6-11(7-9-12)10-4-2-1-3-5-10;1-11-10(15)9-8-6(2-4-13-9)12-5-3-7(8)14;1-2/h10-11H,1-9H2;2-5H,1H3,(H,11,15)(H,12,14);1-2H3. The number of pyridine rings is 2. The van der Waals surface area contributed by atoms with Crippen LogP contribution in [-0.2, 0) is 0 Å². The predicted molar refractivity (Wildman–Crippen MR) is 121 cm³/mol. The Labute approximate surface area is 183 Å². The second kappa shape index (κ2) is 11.9. The summed E-state index contributed by atoms with van der Waals surface area (Å²) in [5, 5.41) is 2.77. The first-order chi connectivity index (χ1) is 14.9. The van der Waals surface area contributed by atoms with Gasteiger partial charge in [-0.1, -0.05) is 46.0 Å². The maximum atomic E-state index is 12.9. The van der Waals surface area contributed by atoms with Gasteiger partial charge < -0.3 is 10.3 Å². The van der Waals surface area contributed by atoms with Crippen LogP contribution >= 0.6 is 0 Å². The van der Waals surface area contributed by atoms with Gasteiger partial charge in [0.1, 0.15) is 5.69 Å². The number of amides is 1. The molecule has 2 saturated carbocycles. The average Bonchev–Trinajstić information content (AvgIpc) is 2.81. The highest BCUT2D eigenvalue weighted by Gasteiger charge is 2.37. The van der Waals surface area contributed by atoms with Crippen molar-refractivity contribution in [2.75, 3.05) is 7.05 Å². The van der Waals surface area contributed by atoms with Gasteiger partial charge in [-0.2, -0.15) is 0 Å². The Morgan fingerprint density at radius 1 is 1.06 bits per heavy atom. The van der Waals surface area contributed by atoms with Crippen LogP contribution in [-0.4, -0.2) is 28.8 Å². The summed E-state index contributed by atoms with van der Waals surface area (Å²) in [5.41, 5.74) is 0.545. The zero-order valence-corrected chi connectivity index (χ0v) is 18.8. The number of hydrogen-bond donors (Lipinski definition) is 2. The molecule has 7 heteroatoms. The average molecular weight is 436 g/mol. The largest absolute Gasteiger partial charge is 0.361 e. The third-order valence-electron chi connectivity index (χ3n) is 6.19. The first kappa shape index (κ1) is 25.0. The first-order valence-electron chi connectivity index (χ1n) is 11.5. The molecule has 0 atom stereocenters. The van der Waals surface area contributed by atoms with Gasteiger partial charge in [-0.15, -0.1) is 0 Å². The summed E-state index contributed by atoms with van der Waals surface area (Å²) >= 11 is 0. The van der Waals surface area contributed by atoms with Crippen LogP contribution in [0.15, 0.2) is 29.3 Å². The highest BCUT2D eigenvalue weighted by Crippen LogP contribution is 2.43. The minimum atomic E-state index is -2.34.